The Kier molecular flexibility index (Phi) is 3.63. The molecule has 2 unspecified atom stereocenters. The van der Waals surface area contributed by atoms with Gasteiger partial charge < -0.3 is 10.2 Å². The standard InChI is InChI=1S/C15H26N2O2/c1-9(2)8-17-12(10(3)4)13(18)16-15(5,14(17)19)11-6-7-11/h9-12H,6-8H2,1-5H3,(H,16,18). The third kappa shape index (κ3) is 2.49. The van der Waals surface area contributed by atoms with Gasteiger partial charge in [0.25, 0.3) is 0 Å². The van der Waals surface area contributed by atoms with Gasteiger partial charge in [-0.1, -0.05) is 27.7 Å². The second-order valence-electron chi connectivity index (χ2n) is 7.01. The average molecular weight is 266 g/mol. The number of hydrogen-bond donors (Lipinski definition) is 1. The summed E-state index contributed by atoms with van der Waals surface area (Å²) in [5.41, 5.74) is -0.669. The van der Waals surface area contributed by atoms with Crippen molar-refractivity contribution in [1.82, 2.24) is 10.2 Å². The highest BCUT2D eigenvalue weighted by Gasteiger charge is 2.55. The Hall–Kier alpha value is -1.06. The molecule has 1 N–H and O–H groups in total. The van der Waals surface area contributed by atoms with Crippen LogP contribution in [0.2, 0.25) is 0 Å². The summed E-state index contributed by atoms with van der Waals surface area (Å²) in [5, 5.41) is 3.01. The zero-order valence-corrected chi connectivity index (χ0v) is 12.7. The Bertz CT molecular complexity index is 388. The Labute approximate surface area is 115 Å². The van der Waals surface area contributed by atoms with Crippen molar-refractivity contribution in [1.29, 1.82) is 0 Å². The van der Waals surface area contributed by atoms with E-state index in [0.717, 1.165) is 12.8 Å². The molecule has 2 rings (SSSR count). The molecule has 0 radical (unpaired) electrons. The van der Waals surface area contributed by atoms with Crippen LogP contribution in [0.15, 0.2) is 0 Å². The lowest BCUT2D eigenvalue weighted by Crippen LogP contribution is -2.71. The predicted molar refractivity (Wildman–Crippen MR) is 74.4 cm³/mol. The lowest BCUT2D eigenvalue weighted by atomic mass is 9.86. The molecule has 2 amide bonds. The number of hydrogen-bond acceptors (Lipinski definition) is 2. The van der Waals surface area contributed by atoms with Gasteiger partial charge in [0.1, 0.15) is 11.6 Å². The van der Waals surface area contributed by atoms with Crippen molar-refractivity contribution in [3.8, 4) is 0 Å². The maximum atomic E-state index is 12.8. The van der Waals surface area contributed by atoms with E-state index in [4.69, 9.17) is 0 Å². The largest absolute Gasteiger partial charge is 0.340 e. The minimum absolute atomic E-state index is 0.0182. The fraction of sp³-hybridized carbons (Fsp3) is 0.867. The van der Waals surface area contributed by atoms with Crippen LogP contribution in [0.5, 0.6) is 0 Å². The van der Waals surface area contributed by atoms with Crippen molar-refractivity contribution in [3.05, 3.63) is 0 Å². The smallest absolute Gasteiger partial charge is 0.249 e. The average Bonchev–Trinajstić information content (AvgIpc) is 3.07. The number of rotatable bonds is 4. The molecule has 0 aromatic rings. The van der Waals surface area contributed by atoms with Gasteiger partial charge in [0, 0.05) is 6.54 Å². The van der Waals surface area contributed by atoms with E-state index in [1.54, 1.807) is 0 Å². The van der Waals surface area contributed by atoms with Gasteiger partial charge in [0.15, 0.2) is 0 Å². The summed E-state index contributed by atoms with van der Waals surface area (Å²) >= 11 is 0. The van der Waals surface area contributed by atoms with E-state index >= 15 is 0 Å². The molecule has 0 aromatic heterocycles. The molecule has 1 aliphatic carbocycles. The van der Waals surface area contributed by atoms with Crippen LogP contribution in [0.1, 0.15) is 47.5 Å². The van der Waals surface area contributed by atoms with Crippen molar-refractivity contribution < 1.29 is 9.59 Å². The summed E-state index contributed by atoms with van der Waals surface area (Å²) in [4.78, 5) is 27.1. The van der Waals surface area contributed by atoms with Gasteiger partial charge in [-0.15, -0.1) is 0 Å². The van der Waals surface area contributed by atoms with E-state index < -0.39 is 5.54 Å². The highest BCUT2D eigenvalue weighted by molar-refractivity contribution is 6.00. The SMILES string of the molecule is CC(C)CN1C(=O)C(C)(C2CC2)NC(=O)C1C(C)C. The van der Waals surface area contributed by atoms with E-state index in [0.29, 0.717) is 18.4 Å². The number of nitrogens with one attached hydrogen (secondary N) is 1. The molecule has 0 bridgehead atoms. The fourth-order valence-electron chi connectivity index (χ4n) is 3.14. The second kappa shape index (κ2) is 4.80. The van der Waals surface area contributed by atoms with Crippen LogP contribution >= 0.6 is 0 Å². The quantitative estimate of drug-likeness (QED) is 0.843. The number of amides is 2. The minimum Gasteiger partial charge on any atom is -0.340 e. The number of carbonyl (C=O) groups excluding carboxylic acids is 2. The summed E-state index contributed by atoms with van der Waals surface area (Å²) < 4.78 is 0. The first-order valence-corrected chi connectivity index (χ1v) is 7.40. The third-order valence-electron chi connectivity index (χ3n) is 4.28. The van der Waals surface area contributed by atoms with Crippen molar-refractivity contribution in [2.24, 2.45) is 17.8 Å². The van der Waals surface area contributed by atoms with Crippen LogP contribution in [0, 0.1) is 17.8 Å². The highest BCUT2D eigenvalue weighted by Crippen LogP contribution is 2.42. The molecular formula is C15H26N2O2. The first kappa shape index (κ1) is 14.4. The van der Waals surface area contributed by atoms with E-state index in [1.165, 1.54) is 0 Å². The Balaban J connectivity index is 2.30. The molecular weight excluding hydrogens is 240 g/mol. The summed E-state index contributed by atoms with van der Waals surface area (Å²) in [6.07, 6.45) is 2.09. The van der Waals surface area contributed by atoms with Crippen LogP contribution in [0.3, 0.4) is 0 Å². The molecule has 1 aliphatic heterocycles. The molecule has 2 atom stereocenters. The van der Waals surface area contributed by atoms with Gasteiger partial charge in [0.05, 0.1) is 0 Å². The lowest BCUT2D eigenvalue weighted by Gasteiger charge is -2.46. The first-order valence-electron chi connectivity index (χ1n) is 7.40. The van der Waals surface area contributed by atoms with Crippen LogP contribution in [0.25, 0.3) is 0 Å². The van der Waals surface area contributed by atoms with Crippen molar-refractivity contribution in [3.63, 3.8) is 0 Å². The van der Waals surface area contributed by atoms with E-state index in [9.17, 15) is 9.59 Å². The van der Waals surface area contributed by atoms with Crippen molar-refractivity contribution >= 4 is 11.8 Å². The molecule has 0 aromatic carbocycles. The normalized spacial score (nSPS) is 32.2. The van der Waals surface area contributed by atoms with Crippen LogP contribution in [-0.2, 0) is 9.59 Å². The first-order chi connectivity index (χ1) is 8.77. The summed E-state index contributed by atoms with van der Waals surface area (Å²) in [5.74, 6) is 0.976. The predicted octanol–water partition coefficient (Wildman–Crippen LogP) is 1.79. The maximum Gasteiger partial charge on any atom is 0.249 e. The summed E-state index contributed by atoms with van der Waals surface area (Å²) in [6.45, 7) is 10.7. The molecule has 4 heteroatoms. The number of nitrogens with zero attached hydrogens (tertiary/aromatic N) is 1. The van der Waals surface area contributed by atoms with Crippen molar-refractivity contribution in [2.75, 3.05) is 6.54 Å². The van der Waals surface area contributed by atoms with E-state index in [2.05, 4.69) is 19.2 Å². The Morgan fingerprint density at radius 3 is 2.26 bits per heavy atom. The second-order valence-corrected chi connectivity index (χ2v) is 7.01. The monoisotopic (exact) mass is 266 g/mol. The highest BCUT2D eigenvalue weighted by atomic mass is 16.2. The summed E-state index contributed by atoms with van der Waals surface area (Å²) in [6, 6.07) is -0.318. The molecule has 2 aliphatic rings. The molecule has 0 spiro atoms. The van der Waals surface area contributed by atoms with Gasteiger partial charge in [-0.2, -0.15) is 0 Å². The summed E-state index contributed by atoms with van der Waals surface area (Å²) in [7, 11) is 0. The lowest BCUT2D eigenvalue weighted by molar-refractivity contribution is -0.157. The van der Waals surface area contributed by atoms with Crippen LogP contribution in [-0.4, -0.2) is 34.8 Å². The molecule has 2 fully saturated rings. The Morgan fingerprint density at radius 2 is 1.84 bits per heavy atom. The molecule has 1 saturated carbocycles. The number of piperazine rings is 1. The maximum absolute atomic E-state index is 12.8. The van der Waals surface area contributed by atoms with Gasteiger partial charge >= 0.3 is 0 Å². The Morgan fingerprint density at radius 1 is 1.26 bits per heavy atom. The van der Waals surface area contributed by atoms with Gasteiger partial charge in [-0.3, -0.25) is 9.59 Å². The molecule has 1 heterocycles. The minimum atomic E-state index is -0.669. The topological polar surface area (TPSA) is 49.4 Å². The molecule has 1 saturated heterocycles. The zero-order chi connectivity index (χ0) is 14.4. The molecule has 19 heavy (non-hydrogen) atoms. The zero-order valence-electron chi connectivity index (χ0n) is 12.7. The number of carbonyl (C=O) groups is 2. The molecule has 108 valence electrons. The van der Waals surface area contributed by atoms with Crippen LogP contribution < -0.4 is 5.32 Å². The van der Waals surface area contributed by atoms with Crippen molar-refractivity contribution in [2.45, 2.75) is 59.0 Å². The van der Waals surface area contributed by atoms with Gasteiger partial charge in [0.2, 0.25) is 11.8 Å². The van der Waals surface area contributed by atoms with E-state index in [1.807, 2.05) is 25.7 Å². The van der Waals surface area contributed by atoms with E-state index in [-0.39, 0.29) is 23.8 Å². The molecule has 4 nitrogen and oxygen atoms in total. The van der Waals surface area contributed by atoms with Gasteiger partial charge in [-0.05, 0) is 37.5 Å². The van der Waals surface area contributed by atoms with Crippen LogP contribution in [0.4, 0.5) is 0 Å². The van der Waals surface area contributed by atoms with Gasteiger partial charge in [-0.25, -0.2) is 0 Å². The fourth-order valence-corrected chi connectivity index (χ4v) is 3.14. The third-order valence-corrected chi connectivity index (χ3v) is 4.28.